The summed E-state index contributed by atoms with van der Waals surface area (Å²) in [5, 5.41) is 8.69. The van der Waals surface area contributed by atoms with Crippen LogP contribution >= 0.6 is 0 Å². The molecule has 0 radical (unpaired) electrons. The number of aliphatic hydroxyl groups excluding tert-OH is 1. The van der Waals surface area contributed by atoms with Crippen molar-refractivity contribution in [3.63, 3.8) is 0 Å². The topological polar surface area (TPSA) is 46.5 Å². The third-order valence-corrected chi connectivity index (χ3v) is 1.70. The SMILES string of the molecule is CCOC1=CC(=CO)CCC1=O. The van der Waals surface area contributed by atoms with Crippen LogP contribution in [0.25, 0.3) is 0 Å². The minimum absolute atomic E-state index is 0.0162. The normalized spacial score (nSPS) is 20.9. The molecule has 0 aromatic heterocycles. The summed E-state index contributed by atoms with van der Waals surface area (Å²) in [7, 11) is 0. The highest BCUT2D eigenvalue weighted by atomic mass is 16.5. The highest BCUT2D eigenvalue weighted by Crippen LogP contribution is 2.19. The van der Waals surface area contributed by atoms with E-state index in [2.05, 4.69) is 0 Å². The molecule has 0 aliphatic heterocycles. The van der Waals surface area contributed by atoms with Crippen LogP contribution in [0.1, 0.15) is 19.8 Å². The maximum atomic E-state index is 11.1. The Balaban J connectivity index is 2.77. The maximum absolute atomic E-state index is 11.1. The molecule has 0 saturated carbocycles. The Labute approximate surface area is 71.3 Å². The summed E-state index contributed by atoms with van der Waals surface area (Å²) in [6.45, 7) is 2.31. The lowest BCUT2D eigenvalue weighted by atomic mass is 10.0. The molecule has 12 heavy (non-hydrogen) atoms. The van der Waals surface area contributed by atoms with Gasteiger partial charge in [-0.05, 0) is 25.0 Å². The molecule has 1 rings (SSSR count). The second-order valence-electron chi connectivity index (χ2n) is 2.57. The van der Waals surface area contributed by atoms with E-state index in [9.17, 15) is 4.79 Å². The van der Waals surface area contributed by atoms with Crippen molar-refractivity contribution in [2.45, 2.75) is 19.8 Å². The van der Waals surface area contributed by atoms with Crippen LogP contribution in [-0.4, -0.2) is 17.5 Å². The van der Waals surface area contributed by atoms with E-state index in [0.29, 0.717) is 25.2 Å². The maximum Gasteiger partial charge on any atom is 0.197 e. The van der Waals surface area contributed by atoms with Crippen LogP contribution in [0.15, 0.2) is 23.7 Å². The van der Waals surface area contributed by atoms with Crippen molar-refractivity contribution in [2.24, 2.45) is 0 Å². The van der Waals surface area contributed by atoms with Crippen molar-refractivity contribution in [1.82, 2.24) is 0 Å². The van der Waals surface area contributed by atoms with E-state index in [1.165, 1.54) is 0 Å². The van der Waals surface area contributed by atoms with Gasteiger partial charge in [-0.1, -0.05) is 0 Å². The molecule has 0 aromatic rings. The van der Waals surface area contributed by atoms with Gasteiger partial charge >= 0.3 is 0 Å². The molecule has 66 valence electrons. The monoisotopic (exact) mass is 168 g/mol. The van der Waals surface area contributed by atoms with E-state index >= 15 is 0 Å². The molecule has 0 aromatic carbocycles. The average molecular weight is 168 g/mol. The van der Waals surface area contributed by atoms with Gasteiger partial charge in [0.15, 0.2) is 11.5 Å². The minimum Gasteiger partial charge on any atom is -0.515 e. The van der Waals surface area contributed by atoms with Crippen molar-refractivity contribution in [2.75, 3.05) is 6.61 Å². The molecule has 0 saturated heterocycles. The smallest absolute Gasteiger partial charge is 0.197 e. The zero-order valence-corrected chi connectivity index (χ0v) is 7.04. The highest BCUT2D eigenvalue weighted by Gasteiger charge is 2.16. The van der Waals surface area contributed by atoms with E-state index in [1.54, 1.807) is 6.08 Å². The highest BCUT2D eigenvalue weighted by molar-refractivity contribution is 5.95. The fraction of sp³-hybridized carbons (Fsp3) is 0.444. The van der Waals surface area contributed by atoms with Gasteiger partial charge in [-0.15, -0.1) is 0 Å². The summed E-state index contributed by atoms with van der Waals surface area (Å²) in [4.78, 5) is 11.1. The van der Waals surface area contributed by atoms with Crippen molar-refractivity contribution in [1.29, 1.82) is 0 Å². The van der Waals surface area contributed by atoms with Crippen molar-refractivity contribution in [3.8, 4) is 0 Å². The summed E-state index contributed by atoms with van der Waals surface area (Å²) >= 11 is 0. The number of allylic oxidation sites excluding steroid dienone is 3. The molecule has 3 heteroatoms. The van der Waals surface area contributed by atoms with E-state index in [0.717, 1.165) is 11.8 Å². The summed E-state index contributed by atoms with van der Waals surface area (Å²) < 4.78 is 5.09. The van der Waals surface area contributed by atoms with E-state index in [1.807, 2.05) is 6.92 Å². The fourth-order valence-corrected chi connectivity index (χ4v) is 1.08. The Morgan fingerprint density at radius 1 is 1.67 bits per heavy atom. The Hall–Kier alpha value is -1.25. The molecule has 1 aliphatic carbocycles. The predicted molar refractivity (Wildman–Crippen MR) is 44.7 cm³/mol. The Morgan fingerprint density at radius 2 is 2.42 bits per heavy atom. The number of ether oxygens (including phenoxy) is 1. The average Bonchev–Trinajstić information content (AvgIpc) is 2.09. The van der Waals surface area contributed by atoms with Gasteiger partial charge in [-0.3, -0.25) is 4.79 Å². The third-order valence-electron chi connectivity index (χ3n) is 1.70. The molecule has 0 amide bonds. The number of Topliss-reactive ketones (excluding diaryl/α,β-unsaturated/α-hetero) is 1. The molecule has 0 bridgehead atoms. The summed E-state index contributed by atoms with van der Waals surface area (Å²) in [6, 6.07) is 0. The van der Waals surface area contributed by atoms with E-state index in [-0.39, 0.29) is 5.78 Å². The standard InChI is InChI=1S/C9H12O3/c1-2-12-9-5-7(6-10)3-4-8(9)11/h5-6,10H,2-4H2,1H3. The van der Waals surface area contributed by atoms with Crippen LogP contribution < -0.4 is 0 Å². The van der Waals surface area contributed by atoms with Gasteiger partial charge in [-0.25, -0.2) is 0 Å². The molecule has 0 atom stereocenters. The second-order valence-corrected chi connectivity index (χ2v) is 2.57. The third kappa shape index (κ3) is 1.87. The molecule has 0 unspecified atom stereocenters. The van der Waals surface area contributed by atoms with Crippen LogP contribution in [0.5, 0.6) is 0 Å². The van der Waals surface area contributed by atoms with Gasteiger partial charge in [-0.2, -0.15) is 0 Å². The Kier molecular flexibility index (Phi) is 2.91. The Morgan fingerprint density at radius 3 is 3.00 bits per heavy atom. The van der Waals surface area contributed by atoms with Crippen LogP contribution in [0.4, 0.5) is 0 Å². The number of hydrogen-bond donors (Lipinski definition) is 1. The molecule has 0 fully saturated rings. The van der Waals surface area contributed by atoms with E-state index < -0.39 is 0 Å². The molecule has 0 spiro atoms. The van der Waals surface area contributed by atoms with Gasteiger partial charge in [0, 0.05) is 6.42 Å². The summed E-state index contributed by atoms with van der Waals surface area (Å²) in [6.07, 6.45) is 3.64. The molecule has 1 aliphatic rings. The molecule has 0 heterocycles. The first-order valence-corrected chi connectivity index (χ1v) is 3.99. The molecule has 3 nitrogen and oxygen atoms in total. The fourth-order valence-electron chi connectivity index (χ4n) is 1.08. The predicted octanol–water partition coefficient (Wildman–Crippen LogP) is 1.71. The van der Waals surface area contributed by atoms with Crippen LogP contribution in [0, 0.1) is 0 Å². The quantitative estimate of drug-likeness (QED) is 0.638. The van der Waals surface area contributed by atoms with Crippen molar-refractivity contribution < 1.29 is 14.6 Å². The number of carbonyl (C=O) groups is 1. The lowest BCUT2D eigenvalue weighted by molar-refractivity contribution is -0.119. The molecular weight excluding hydrogens is 156 g/mol. The lowest BCUT2D eigenvalue weighted by Gasteiger charge is -2.13. The van der Waals surface area contributed by atoms with Crippen LogP contribution in [0.3, 0.4) is 0 Å². The molecule has 1 N–H and O–H groups in total. The van der Waals surface area contributed by atoms with E-state index in [4.69, 9.17) is 9.84 Å². The number of rotatable bonds is 2. The Bertz CT molecular complexity index is 238. The van der Waals surface area contributed by atoms with Crippen molar-refractivity contribution >= 4 is 5.78 Å². The first-order valence-electron chi connectivity index (χ1n) is 3.99. The first-order chi connectivity index (χ1) is 5.77. The van der Waals surface area contributed by atoms with Crippen LogP contribution in [0.2, 0.25) is 0 Å². The van der Waals surface area contributed by atoms with Gasteiger partial charge in [0.25, 0.3) is 0 Å². The van der Waals surface area contributed by atoms with Gasteiger partial charge < -0.3 is 9.84 Å². The van der Waals surface area contributed by atoms with Gasteiger partial charge in [0.2, 0.25) is 0 Å². The largest absolute Gasteiger partial charge is 0.515 e. The van der Waals surface area contributed by atoms with Gasteiger partial charge in [0.05, 0.1) is 12.9 Å². The second kappa shape index (κ2) is 3.95. The minimum atomic E-state index is 0.0162. The summed E-state index contributed by atoms with van der Waals surface area (Å²) in [5.41, 5.74) is 0.748. The number of hydrogen-bond acceptors (Lipinski definition) is 3. The van der Waals surface area contributed by atoms with Gasteiger partial charge in [0.1, 0.15) is 0 Å². The zero-order valence-electron chi connectivity index (χ0n) is 7.04. The zero-order chi connectivity index (χ0) is 8.97. The first kappa shape index (κ1) is 8.84. The van der Waals surface area contributed by atoms with Crippen LogP contribution in [-0.2, 0) is 9.53 Å². The number of ketones is 1. The lowest BCUT2D eigenvalue weighted by Crippen LogP contribution is -2.11. The number of carbonyl (C=O) groups excluding carboxylic acids is 1. The van der Waals surface area contributed by atoms with Crippen molar-refractivity contribution in [3.05, 3.63) is 23.7 Å². The summed E-state index contributed by atoms with van der Waals surface area (Å²) in [5.74, 6) is 0.381. The molecular formula is C9H12O3. The number of aliphatic hydroxyl groups is 1.